The Labute approximate surface area is 327 Å². The molecule has 5 atom stereocenters. The number of allylic oxidation sites excluding steroid dienone is 1. The number of carbonyl (C=O) groups is 4. The maximum atomic E-state index is 14.7. The average molecular weight is 784 g/mol. The Morgan fingerprint density at radius 1 is 1.02 bits per heavy atom. The first-order chi connectivity index (χ1) is 26.7. The normalized spacial score (nSPS) is 26.3. The Morgan fingerprint density at radius 3 is 2.41 bits per heavy atom. The minimum Gasteiger partial charge on any atom is -0.450 e. The average Bonchev–Trinajstić information content (AvgIpc) is 4.05. The second kappa shape index (κ2) is 15.3. The summed E-state index contributed by atoms with van der Waals surface area (Å²) in [4.78, 5) is 58.9. The summed E-state index contributed by atoms with van der Waals surface area (Å²) >= 11 is 0. The van der Waals surface area contributed by atoms with Crippen LogP contribution in [0.3, 0.4) is 0 Å². The quantitative estimate of drug-likeness (QED) is 0.285. The van der Waals surface area contributed by atoms with E-state index >= 15 is 0 Å². The molecule has 2 aliphatic carbocycles. The van der Waals surface area contributed by atoms with E-state index in [9.17, 15) is 27.6 Å². The Morgan fingerprint density at radius 2 is 1.73 bits per heavy atom. The standard InChI is InChI=1S/C41H49N7O7S/c1-5-29-24-41(29,38(51)46-56(53,54)31-19-20-31)43-36(49)32-23-30-25-47(32)37(50)35(40(2,3)4)42-39(52)55-21-12-7-6-9-14-26-15-13-18-28(22-26)34-33(44-48(30)45-34)27-16-10-8-11-17-27/h5,8-11,13-18,22,29-32,35H,1,6-7,12,19-21,23-25H2,2-4H3,(H,42,52)(H,43,49)(H,46,51)/b14-9-/t29-,30-,32+,35-,41-/m1/s1. The van der Waals surface area contributed by atoms with Gasteiger partial charge in [-0.25, -0.2) is 13.2 Å². The van der Waals surface area contributed by atoms with Gasteiger partial charge in [0.05, 0.1) is 17.9 Å². The van der Waals surface area contributed by atoms with Crippen molar-refractivity contribution in [2.75, 3.05) is 13.2 Å². The van der Waals surface area contributed by atoms with Crippen LogP contribution in [-0.4, -0.2) is 88.2 Å². The van der Waals surface area contributed by atoms with Crippen molar-refractivity contribution in [2.45, 2.75) is 94.6 Å². The van der Waals surface area contributed by atoms with Gasteiger partial charge in [-0.1, -0.05) is 87.5 Å². The summed E-state index contributed by atoms with van der Waals surface area (Å²) in [7, 11) is -3.91. The summed E-state index contributed by atoms with van der Waals surface area (Å²) in [6, 6.07) is 14.8. The smallest absolute Gasteiger partial charge is 0.407 e. The Hall–Kier alpha value is -5.31. The second-order valence-electron chi connectivity index (χ2n) is 16.3. The molecule has 15 heteroatoms. The second-order valence-corrected chi connectivity index (χ2v) is 18.2. The lowest BCUT2D eigenvalue weighted by Crippen LogP contribution is -2.60. The van der Waals surface area contributed by atoms with Crippen LogP contribution >= 0.6 is 0 Å². The number of hydrogen-bond acceptors (Lipinski definition) is 9. The Balaban J connectivity index is 1.28. The molecule has 3 fully saturated rings. The number of amides is 4. The third-order valence-electron chi connectivity index (χ3n) is 11.0. The number of rotatable bonds is 7. The van der Waals surface area contributed by atoms with Crippen molar-refractivity contribution < 1.29 is 32.3 Å². The van der Waals surface area contributed by atoms with Gasteiger partial charge in [0.2, 0.25) is 21.8 Å². The van der Waals surface area contributed by atoms with Crippen molar-refractivity contribution in [2.24, 2.45) is 11.3 Å². The first-order valence-corrected chi connectivity index (χ1v) is 20.8. The van der Waals surface area contributed by atoms with Crippen LogP contribution in [-0.2, 0) is 29.1 Å². The number of carbonyl (C=O) groups excluding carboxylic acids is 4. The van der Waals surface area contributed by atoms with E-state index in [-0.39, 0.29) is 26.0 Å². The van der Waals surface area contributed by atoms with Gasteiger partial charge in [0.25, 0.3) is 5.91 Å². The molecule has 4 aliphatic rings. The summed E-state index contributed by atoms with van der Waals surface area (Å²) in [5.41, 5.74) is 1.55. The van der Waals surface area contributed by atoms with Crippen LogP contribution in [0.1, 0.15) is 77.3 Å². The molecular formula is C41H49N7O7S. The van der Waals surface area contributed by atoms with Crippen molar-refractivity contribution in [1.29, 1.82) is 0 Å². The van der Waals surface area contributed by atoms with Gasteiger partial charge in [-0.2, -0.15) is 15.0 Å². The molecule has 0 unspecified atom stereocenters. The van der Waals surface area contributed by atoms with E-state index in [0.717, 1.165) is 29.5 Å². The number of benzene rings is 2. The summed E-state index contributed by atoms with van der Waals surface area (Å²) in [5, 5.41) is 15.0. The van der Waals surface area contributed by atoms with Crippen LogP contribution in [0.4, 0.5) is 4.79 Å². The molecule has 6 bridgehead atoms. The summed E-state index contributed by atoms with van der Waals surface area (Å²) in [6.45, 7) is 9.40. The third kappa shape index (κ3) is 8.13. The molecule has 56 heavy (non-hydrogen) atoms. The number of nitrogens with zero attached hydrogens (tertiary/aromatic N) is 4. The fourth-order valence-corrected chi connectivity index (χ4v) is 8.84. The molecule has 2 saturated carbocycles. The number of nitrogens with one attached hydrogen (secondary N) is 3. The van der Waals surface area contributed by atoms with Gasteiger partial charge in [0.15, 0.2) is 0 Å². The molecule has 2 aliphatic heterocycles. The zero-order chi connectivity index (χ0) is 39.8. The van der Waals surface area contributed by atoms with Crippen LogP contribution in [0, 0.1) is 11.3 Å². The molecule has 1 saturated heterocycles. The fraction of sp³-hybridized carbons (Fsp3) is 0.463. The molecule has 14 nitrogen and oxygen atoms in total. The third-order valence-corrected chi connectivity index (χ3v) is 12.8. The molecule has 3 N–H and O–H groups in total. The summed E-state index contributed by atoms with van der Waals surface area (Å²) in [6.07, 6.45) is 8.21. The number of ether oxygens (including phenoxy) is 1. The Bertz CT molecular complexity index is 2160. The molecule has 4 amide bonds. The number of sulfonamides is 1. The van der Waals surface area contributed by atoms with Crippen LogP contribution in [0.2, 0.25) is 0 Å². The van der Waals surface area contributed by atoms with Crippen molar-refractivity contribution >= 4 is 39.9 Å². The molecule has 1 aromatic heterocycles. The lowest BCUT2D eigenvalue weighted by Gasteiger charge is -2.35. The maximum absolute atomic E-state index is 14.7. The largest absolute Gasteiger partial charge is 0.450 e. The minimum atomic E-state index is -3.91. The van der Waals surface area contributed by atoms with Gasteiger partial charge in [-0.3, -0.25) is 19.1 Å². The highest BCUT2D eigenvalue weighted by molar-refractivity contribution is 7.91. The van der Waals surface area contributed by atoms with Crippen LogP contribution < -0.4 is 15.4 Å². The lowest BCUT2D eigenvalue weighted by molar-refractivity contribution is -0.142. The number of hydrogen-bond donors (Lipinski definition) is 3. The molecule has 0 radical (unpaired) electrons. The van der Waals surface area contributed by atoms with Gasteiger partial charge < -0.3 is 20.3 Å². The van der Waals surface area contributed by atoms with Gasteiger partial charge >= 0.3 is 6.09 Å². The van der Waals surface area contributed by atoms with Crippen molar-refractivity contribution in [3.8, 4) is 22.5 Å². The monoisotopic (exact) mass is 783 g/mol. The number of alkyl carbamates (subject to hydrolysis) is 1. The molecule has 3 aromatic rings. The summed E-state index contributed by atoms with van der Waals surface area (Å²) in [5.74, 6) is -2.52. The molecule has 0 spiro atoms. The van der Waals surface area contributed by atoms with Crippen LogP contribution in [0.5, 0.6) is 0 Å². The van der Waals surface area contributed by atoms with Crippen LogP contribution in [0.15, 0.2) is 73.3 Å². The fourth-order valence-electron chi connectivity index (χ4n) is 7.47. The van der Waals surface area contributed by atoms with E-state index in [4.69, 9.17) is 14.9 Å². The molecule has 2 aromatic carbocycles. The minimum absolute atomic E-state index is 0.00545. The van der Waals surface area contributed by atoms with Crippen molar-refractivity contribution in [3.63, 3.8) is 0 Å². The molecule has 7 rings (SSSR count). The molecular weight excluding hydrogens is 735 g/mol. The van der Waals surface area contributed by atoms with Crippen molar-refractivity contribution in [1.82, 2.24) is 35.2 Å². The highest BCUT2D eigenvalue weighted by Gasteiger charge is 2.62. The van der Waals surface area contributed by atoms with Gasteiger partial charge in [-0.05, 0) is 55.6 Å². The Kier molecular flexibility index (Phi) is 10.7. The van der Waals surface area contributed by atoms with Gasteiger partial charge in [0, 0.05) is 30.0 Å². The van der Waals surface area contributed by atoms with E-state index in [1.54, 1.807) is 4.80 Å². The van der Waals surface area contributed by atoms with Crippen molar-refractivity contribution in [3.05, 3.63) is 78.9 Å². The van der Waals surface area contributed by atoms with E-state index in [0.29, 0.717) is 30.7 Å². The van der Waals surface area contributed by atoms with E-state index in [1.807, 2.05) is 81.4 Å². The topological polar surface area (TPSA) is 182 Å². The number of fused-ring (bicyclic) bond motifs is 8. The highest BCUT2D eigenvalue weighted by atomic mass is 32.2. The predicted molar refractivity (Wildman–Crippen MR) is 210 cm³/mol. The number of aromatic nitrogens is 3. The van der Waals surface area contributed by atoms with Gasteiger partial charge in [-0.15, -0.1) is 6.58 Å². The molecule has 296 valence electrons. The maximum Gasteiger partial charge on any atom is 0.407 e. The zero-order valence-corrected chi connectivity index (χ0v) is 32.8. The van der Waals surface area contributed by atoms with E-state index < -0.39 is 74.1 Å². The zero-order valence-electron chi connectivity index (χ0n) is 31.9. The van der Waals surface area contributed by atoms with Gasteiger partial charge in [0.1, 0.15) is 29.0 Å². The summed E-state index contributed by atoms with van der Waals surface area (Å²) < 4.78 is 33.2. The lowest BCUT2D eigenvalue weighted by atomic mass is 9.85. The first-order valence-electron chi connectivity index (χ1n) is 19.2. The van der Waals surface area contributed by atoms with Crippen LogP contribution in [0.25, 0.3) is 28.6 Å². The highest BCUT2D eigenvalue weighted by Crippen LogP contribution is 2.46. The number of cyclic esters (lactones) is 1. The van der Waals surface area contributed by atoms with E-state index in [2.05, 4.69) is 28.0 Å². The first kappa shape index (κ1) is 38.9. The van der Waals surface area contributed by atoms with E-state index in [1.165, 1.54) is 11.0 Å². The predicted octanol–water partition coefficient (Wildman–Crippen LogP) is 4.76. The SMILES string of the molecule is C=C[C@@H]1C[C@]1(NC(=O)[C@@H]1C[C@@H]2CN1C(=O)[C@H](C(C)(C)C)NC(=O)OCCCC/C=C\c1cccc(c1)-c1nn2nc1-c1ccccc1)C(=O)NS(=O)(=O)C1CC1. The molecule has 3 heterocycles.